The van der Waals surface area contributed by atoms with Crippen molar-refractivity contribution in [1.82, 2.24) is 0 Å². The molecular formula is C24H25NO3. The highest BCUT2D eigenvalue weighted by molar-refractivity contribution is 6.04. The van der Waals surface area contributed by atoms with Crippen molar-refractivity contribution >= 4 is 11.6 Å². The van der Waals surface area contributed by atoms with Crippen molar-refractivity contribution in [2.45, 2.75) is 27.4 Å². The number of rotatable bonds is 6. The van der Waals surface area contributed by atoms with Gasteiger partial charge in [0.1, 0.15) is 18.1 Å². The number of hydrogen-bond donors (Lipinski definition) is 1. The van der Waals surface area contributed by atoms with Crippen LogP contribution in [0.5, 0.6) is 11.5 Å². The van der Waals surface area contributed by atoms with Gasteiger partial charge in [-0.2, -0.15) is 0 Å². The van der Waals surface area contributed by atoms with Gasteiger partial charge in [-0.15, -0.1) is 0 Å². The predicted octanol–water partition coefficient (Wildman–Crippen LogP) is 5.45. The SMILES string of the molecule is COc1ccc(C(=O)Nc2cc(C)cc(C)c2)cc1COc1ccc(C)cc1. The molecule has 0 fully saturated rings. The van der Waals surface area contributed by atoms with Gasteiger partial charge in [0.05, 0.1) is 7.11 Å². The minimum Gasteiger partial charge on any atom is -0.496 e. The molecule has 0 saturated heterocycles. The molecule has 4 nitrogen and oxygen atoms in total. The smallest absolute Gasteiger partial charge is 0.255 e. The van der Waals surface area contributed by atoms with E-state index in [9.17, 15) is 4.79 Å². The first-order valence-corrected chi connectivity index (χ1v) is 9.20. The summed E-state index contributed by atoms with van der Waals surface area (Å²) < 4.78 is 11.3. The molecule has 0 bridgehead atoms. The van der Waals surface area contributed by atoms with Gasteiger partial charge in [-0.3, -0.25) is 4.79 Å². The normalized spacial score (nSPS) is 10.4. The summed E-state index contributed by atoms with van der Waals surface area (Å²) in [4.78, 5) is 12.7. The fourth-order valence-corrected chi connectivity index (χ4v) is 3.08. The van der Waals surface area contributed by atoms with Gasteiger partial charge in [0.2, 0.25) is 0 Å². The topological polar surface area (TPSA) is 47.6 Å². The number of carbonyl (C=O) groups excluding carboxylic acids is 1. The minimum absolute atomic E-state index is 0.163. The number of aryl methyl sites for hydroxylation is 3. The minimum atomic E-state index is -0.163. The molecule has 3 aromatic carbocycles. The van der Waals surface area contributed by atoms with Crippen LogP contribution in [0.15, 0.2) is 60.7 Å². The zero-order valence-corrected chi connectivity index (χ0v) is 16.7. The molecule has 0 unspecified atom stereocenters. The van der Waals surface area contributed by atoms with Crippen LogP contribution in [0, 0.1) is 20.8 Å². The molecule has 0 radical (unpaired) electrons. The van der Waals surface area contributed by atoms with E-state index in [2.05, 4.69) is 11.4 Å². The summed E-state index contributed by atoms with van der Waals surface area (Å²) in [5, 5.41) is 2.96. The predicted molar refractivity (Wildman–Crippen MR) is 112 cm³/mol. The second-order valence-electron chi connectivity index (χ2n) is 6.96. The Morgan fingerprint density at radius 3 is 2.18 bits per heavy atom. The maximum absolute atomic E-state index is 12.7. The maximum Gasteiger partial charge on any atom is 0.255 e. The standard InChI is InChI=1S/C24H25NO3/c1-16-5-8-22(9-6-16)28-15-20-14-19(7-10-23(20)27-4)24(26)25-21-12-17(2)11-18(3)13-21/h5-14H,15H2,1-4H3,(H,25,26). The molecule has 0 aliphatic heterocycles. The van der Waals surface area contributed by atoms with Crippen molar-refractivity contribution in [2.24, 2.45) is 0 Å². The van der Waals surface area contributed by atoms with Gasteiger partial charge in [0.15, 0.2) is 0 Å². The number of nitrogens with one attached hydrogen (secondary N) is 1. The number of amides is 1. The molecule has 4 heteroatoms. The van der Waals surface area contributed by atoms with Crippen molar-refractivity contribution in [3.63, 3.8) is 0 Å². The van der Waals surface area contributed by atoms with E-state index in [4.69, 9.17) is 9.47 Å². The highest BCUT2D eigenvalue weighted by atomic mass is 16.5. The van der Waals surface area contributed by atoms with Crippen molar-refractivity contribution in [2.75, 3.05) is 12.4 Å². The third-order valence-electron chi connectivity index (χ3n) is 4.44. The average molecular weight is 375 g/mol. The summed E-state index contributed by atoms with van der Waals surface area (Å²) in [6.45, 7) is 6.37. The summed E-state index contributed by atoms with van der Waals surface area (Å²) in [6.07, 6.45) is 0. The van der Waals surface area contributed by atoms with Crippen LogP contribution in [0.25, 0.3) is 0 Å². The lowest BCUT2D eigenvalue weighted by Gasteiger charge is -2.13. The van der Waals surface area contributed by atoms with E-state index in [0.29, 0.717) is 17.9 Å². The Labute approximate surface area is 166 Å². The van der Waals surface area contributed by atoms with Crippen molar-refractivity contribution in [3.05, 3.63) is 88.5 Å². The van der Waals surface area contributed by atoms with E-state index >= 15 is 0 Å². The van der Waals surface area contributed by atoms with Gasteiger partial charge in [0, 0.05) is 16.8 Å². The Kier molecular flexibility index (Phi) is 5.99. The van der Waals surface area contributed by atoms with Crippen molar-refractivity contribution in [3.8, 4) is 11.5 Å². The van der Waals surface area contributed by atoms with E-state index in [0.717, 1.165) is 28.1 Å². The van der Waals surface area contributed by atoms with E-state index in [1.807, 2.05) is 63.2 Å². The molecule has 1 N–H and O–H groups in total. The Bertz CT molecular complexity index is 957. The largest absolute Gasteiger partial charge is 0.496 e. The molecule has 0 spiro atoms. The quantitative estimate of drug-likeness (QED) is 0.623. The fourth-order valence-electron chi connectivity index (χ4n) is 3.08. The Hall–Kier alpha value is -3.27. The Morgan fingerprint density at radius 1 is 0.857 bits per heavy atom. The maximum atomic E-state index is 12.7. The first-order valence-electron chi connectivity index (χ1n) is 9.20. The van der Waals surface area contributed by atoms with E-state index in [-0.39, 0.29) is 5.91 Å². The van der Waals surface area contributed by atoms with Gasteiger partial charge in [-0.1, -0.05) is 23.8 Å². The molecule has 0 saturated carbocycles. The van der Waals surface area contributed by atoms with Crippen LogP contribution in [-0.2, 0) is 6.61 Å². The third-order valence-corrected chi connectivity index (χ3v) is 4.44. The van der Waals surface area contributed by atoms with Crippen LogP contribution in [-0.4, -0.2) is 13.0 Å². The van der Waals surface area contributed by atoms with Crippen LogP contribution in [0.3, 0.4) is 0 Å². The highest BCUT2D eigenvalue weighted by Gasteiger charge is 2.12. The summed E-state index contributed by atoms with van der Waals surface area (Å²) in [5.41, 5.74) is 5.55. The van der Waals surface area contributed by atoms with E-state index in [1.165, 1.54) is 5.56 Å². The molecule has 0 aromatic heterocycles. The second-order valence-corrected chi connectivity index (χ2v) is 6.96. The lowest BCUT2D eigenvalue weighted by Crippen LogP contribution is -2.13. The lowest BCUT2D eigenvalue weighted by molar-refractivity contribution is 0.102. The molecule has 1 amide bonds. The summed E-state index contributed by atoms with van der Waals surface area (Å²) in [7, 11) is 1.61. The molecule has 144 valence electrons. The zero-order chi connectivity index (χ0) is 20.1. The molecule has 0 heterocycles. The van der Waals surface area contributed by atoms with Crippen LogP contribution in [0.1, 0.15) is 32.6 Å². The molecular weight excluding hydrogens is 350 g/mol. The van der Waals surface area contributed by atoms with E-state index in [1.54, 1.807) is 19.2 Å². The summed E-state index contributed by atoms with van der Waals surface area (Å²) in [6, 6.07) is 19.2. The van der Waals surface area contributed by atoms with Crippen LogP contribution in [0.4, 0.5) is 5.69 Å². The lowest BCUT2D eigenvalue weighted by atomic mass is 10.1. The van der Waals surface area contributed by atoms with Crippen molar-refractivity contribution < 1.29 is 14.3 Å². The van der Waals surface area contributed by atoms with Crippen LogP contribution >= 0.6 is 0 Å². The first-order chi connectivity index (χ1) is 13.4. The number of hydrogen-bond acceptors (Lipinski definition) is 3. The molecule has 0 atom stereocenters. The van der Waals surface area contributed by atoms with Gasteiger partial charge >= 0.3 is 0 Å². The van der Waals surface area contributed by atoms with Gasteiger partial charge < -0.3 is 14.8 Å². The molecule has 28 heavy (non-hydrogen) atoms. The summed E-state index contributed by atoms with van der Waals surface area (Å²) >= 11 is 0. The number of ether oxygens (including phenoxy) is 2. The van der Waals surface area contributed by atoms with E-state index < -0.39 is 0 Å². The second kappa shape index (κ2) is 8.61. The van der Waals surface area contributed by atoms with Gasteiger partial charge in [-0.05, 0) is 74.4 Å². The zero-order valence-electron chi connectivity index (χ0n) is 16.7. The number of carbonyl (C=O) groups is 1. The number of anilines is 1. The molecule has 0 aliphatic rings. The number of benzene rings is 3. The average Bonchev–Trinajstić information content (AvgIpc) is 2.66. The van der Waals surface area contributed by atoms with Crippen LogP contribution in [0.2, 0.25) is 0 Å². The Balaban J connectivity index is 1.77. The molecule has 0 aliphatic carbocycles. The van der Waals surface area contributed by atoms with Gasteiger partial charge in [-0.25, -0.2) is 0 Å². The third kappa shape index (κ3) is 4.92. The van der Waals surface area contributed by atoms with Gasteiger partial charge in [0.25, 0.3) is 5.91 Å². The van der Waals surface area contributed by atoms with Crippen LogP contribution < -0.4 is 14.8 Å². The summed E-state index contributed by atoms with van der Waals surface area (Å²) in [5.74, 6) is 1.30. The monoisotopic (exact) mass is 375 g/mol. The fraction of sp³-hybridized carbons (Fsp3) is 0.208. The molecule has 3 rings (SSSR count). The highest BCUT2D eigenvalue weighted by Crippen LogP contribution is 2.23. The Morgan fingerprint density at radius 2 is 1.54 bits per heavy atom. The first kappa shape index (κ1) is 19.5. The van der Waals surface area contributed by atoms with Crippen molar-refractivity contribution in [1.29, 1.82) is 0 Å². The molecule has 3 aromatic rings. The number of methoxy groups -OCH3 is 1.